The Morgan fingerprint density at radius 3 is 2.89 bits per heavy atom. The third-order valence-corrected chi connectivity index (χ3v) is 5.63. The lowest BCUT2D eigenvalue weighted by Gasteiger charge is -2.35. The number of carbonyl (C=O) groups excluding carboxylic acids is 1. The van der Waals surface area contributed by atoms with Crippen LogP contribution >= 0.6 is 0 Å². The maximum absolute atomic E-state index is 12.9. The van der Waals surface area contributed by atoms with Gasteiger partial charge in [-0.05, 0) is 43.4 Å². The number of aromatic nitrogens is 3. The Morgan fingerprint density at radius 2 is 2.14 bits per heavy atom. The van der Waals surface area contributed by atoms with E-state index in [0.29, 0.717) is 18.9 Å². The fourth-order valence-electron chi connectivity index (χ4n) is 4.33. The number of piperidine rings is 1. The van der Waals surface area contributed by atoms with Crippen molar-refractivity contribution in [3.63, 3.8) is 0 Å². The molecule has 1 aromatic carbocycles. The van der Waals surface area contributed by atoms with Gasteiger partial charge in [0.05, 0.1) is 18.2 Å². The van der Waals surface area contributed by atoms with Gasteiger partial charge >= 0.3 is 6.18 Å². The van der Waals surface area contributed by atoms with Crippen molar-refractivity contribution in [1.29, 1.82) is 0 Å². The summed E-state index contributed by atoms with van der Waals surface area (Å²) in [7, 11) is 0. The molecule has 0 unspecified atom stereocenters. The summed E-state index contributed by atoms with van der Waals surface area (Å²) in [5, 5.41) is 4.00. The zero-order valence-electron chi connectivity index (χ0n) is 15.2. The largest absolute Gasteiger partial charge is 0.491 e. The SMILES string of the molecule is O=C(CCn1cncn1)N1[C@H]2CC[C@@H](C2)[C@@H]1COc1cccc(C(F)(F)F)c1. The molecule has 3 atom stereocenters. The van der Waals surface area contributed by atoms with Crippen LogP contribution in [0, 0.1) is 5.92 Å². The van der Waals surface area contributed by atoms with Crippen molar-refractivity contribution in [2.45, 2.75) is 50.5 Å². The van der Waals surface area contributed by atoms with Gasteiger partial charge in [-0.3, -0.25) is 9.48 Å². The van der Waals surface area contributed by atoms with E-state index in [1.807, 2.05) is 4.90 Å². The molecule has 2 aromatic rings. The zero-order chi connectivity index (χ0) is 19.7. The van der Waals surface area contributed by atoms with Crippen LogP contribution in [0.5, 0.6) is 5.75 Å². The first-order valence-corrected chi connectivity index (χ1v) is 9.35. The second kappa shape index (κ2) is 7.44. The number of hydrogen-bond acceptors (Lipinski definition) is 4. The van der Waals surface area contributed by atoms with Crippen LogP contribution in [0.25, 0.3) is 0 Å². The van der Waals surface area contributed by atoms with Crippen LogP contribution in [-0.4, -0.2) is 44.3 Å². The molecule has 6 nitrogen and oxygen atoms in total. The minimum absolute atomic E-state index is 0.0281. The fraction of sp³-hybridized carbons (Fsp3) is 0.526. The summed E-state index contributed by atoms with van der Waals surface area (Å²) in [6.45, 7) is 0.658. The molecule has 1 amide bonds. The highest BCUT2D eigenvalue weighted by Crippen LogP contribution is 2.43. The lowest BCUT2D eigenvalue weighted by molar-refractivity contribution is -0.137. The van der Waals surface area contributed by atoms with Crippen LogP contribution < -0.4 is 4.74 Å². The van der Waals surface area contributed by atoms with Gasteiger partial charge in [0.15, 0.2) is 0 Å². The van der Waals surface area contributed by atoms with Gasteiger partial charge in [0.2, 0.25) is 5.91 Å². The Labute approximate surface area is 160 Å². The van der Waals surface area contributed by atoms with Crippen LogP contribution in [0.15, 0.2) is 36.9 Å². The molecule has 9 heteroatoms. The molecule has 1 aliphatic heterocycles. The van der Waals surface area contributed by atoms with Crippen molar-refractivity contribution in [2.75, 3.05) is 6.61 Å². The van der Waals surface area contributed by atoms with Crippen LogP contribution in [0.2, 0.25) is 0 Å². The van der Waals surface area contributed by atoms with Gasteiger partial charge in [0.1, 0.15) is 25.0 Å². The number of rotatable bonds is 6. The second-order valence-corrected chi connectivity index (χ2v) is 7.34. The summed E-state index contributed by atoms with van der Waals surface area (Å²) in [4.78, 5) is 18.6. The van der Waals surface area contributed by atoms with Gasteiger partial charge in [-0.2, -0.15) is 18.3 Å². The normalized spacial score (nSPS) is 24.0. The van der Waals surface area contributed by atoms with Crippen LogP contribution in [-0.2, 0) is 17.5 Å². The number of benzene rings is 1. The van der Waals surface area contributed by atoms with E-state index >= 15 is 0 Å². The van der Waals surface area contributed by atoms with Gasteiger partial charge in [-0.25, -0.2) is 4.98 Å². The number of nitrogens with zero attached hydrogens (tertiary/aromatic N) is 4. The molecule has 1 saturated carbocycles. The number of fused-ring (bicyclic) bond motifs is 2. The summed E-state index contributed by atoms with van der Waals surface area (Å²) in [6.07, 6.45) is 1.83. The van der Waals surface area contributed by atoms with Gasteiger partial charge in [-0.15, -0.1) is 0 Å². The van der Waals surface area contributed by atoms with E-state index in [2.05, 4.69) is 10.1 Å². The Morgan fingerprint density at radius 1 is 1.29 bits per heavy atom. The molecule has 28 heavy (non-hydrogen) atoms. The van der Waals surface area contributed by atoms with Gasteiger partial charge in [0, 0.05) is 12.5 Å². The minimum Gasteiger partial charge on any atom is -0.491 e. The fourth-order valence-corrected chi connectivity index (χ4v) is 4.33. The molecular formula is C19H21F3N4O2. The van der Waals surface area contributed by atoms with Crippen molar-refractivity contribution >= 4 is 5.91 Å². The number of carbonyl (C=O) groups is 1. The Hall–Kier alpha value is -2.58. The molecule has 2 heterocycles. The molecule has 2 fully saturated rings. The summed E-state index contributed by atoms with van der Waals surface area (Å²) in [5.41, 5.74) is -0.737. The number of ether oxygens (including phenoxy) is 1. The smallest absolute Gasteiger partial charge is 0.416 e. The number of hydrogen-bond donors (Lipinski definition) is 0. The van der Waals surface area contributed by atoms with Crippen molar-refractivity contribution in [1.82, 2.24) is 19.7 Å². The highest BCUT2D eigenvalue weighted by molar-refractivity contribution is 5.77. The molecule has 0 N–H and O–H groups in total. The van der Waals surface area contributed by atoms with E-state index in [9.17, 15) is 18.0 Å². The van der Waals surface area contributed by atoms with Crippen molar-refractivity contribution in [3.05, 3.63) is 42.5 Å². The first-order valence-electron chi connectivity index (χ1n) is 9.35. The first-order chi connectivity index (χ1) is 13.4. The second-order valence-electron chi connectivity index (χ2n) is 7.34. The molecule has 0 spiro atoms. The molecular weight excluding hydrogens is 373 g/mol. The molecule has 2 aliphatic rings. The van der Waals surface area contributed by atoms with Crippen molar-refractivity contribution in [3.8, 4) is 5.75 Å². The van der Waals surface area contributed by atoms with E-state index < -0.39 is 11.7 Å². The van der Waals surface area contributed by atoms with E-state index in [0.717, 1.165) is 31.4 Å². The van der Waals surface area contributed by atoms with Crippen LogP contribution in [0.3, 0.4) is 0 Å². The quantitative estimate of drug-likeness (QED) is 0.755. The third-order valence-electron chi connectivity index (χ3n) is 5.63. The summed E-state index contributed by atoms with van der Waals surface area (Å²) in [5.74, 6) is 0.541. The van der Waals surface area contributed by atoms with E-state index in [1.54, 1.807) is 11.0 Å². The number of alkyl halides is 3. The summed E-state index contributed by atoms with van der Waals surface area (Å²) in [6, 6.07) is 4.97. The van der Waals surface area contributed by atoms with Gasteiger partial charge in [-0.1, -0.05) is 6.07 Å². The lowest BCUT2D eigenvalue weighted by Crippen LogP contribution is -2.48. The number of aryl methyl sites for hydroxylation is 1. The molecule has 1 aliphatic carbocycles. The molecule has 1 saturated heterocycles. The van der Waals surface area contributed by atoms with Crippen LogP contribution in [0.4, 0.5) is 13.2 Å². The number of halogens is 3. The van der Waals surface area contributed by atoms with E-state index in [-0.39, 0.29) is 30.3 Å². The topological polar surface area (TPSA) is 60.2 Å². The van der Waals surface area contributed by atoms with E-state index in [4.69, 9.17) is 4.74 Å². The standard InChI is InChI=1S/C19H21F3N4O2/c20-19(21,22)14-2-1-3-16(9-14)28-10-17-13-4-5-15(8-13)26(17)18(27)6-7-25-12-23-11-24-25/h1-3,9,11-13,15,17H,4-8,10H2/t13-,15-,17-/m0/s1. The highest BCUT2D eigenvalue weighted by atomic mass is 19.4. The van der Waals surface area contributed by atoms with Crippen LogP contribution in [0.1, 0.15) is 31.2 Å². The third kappa shape index (κ3) is 3.83. The molecule has 4 rings (SSSR count). The van der Waals surface area contributed by atoms with Gasteiger partial charge in [0.25, 0.3) is 0 Å². The molecule has 0 radical (unpaired) electrons. The van der Waals surface area contributed by atoms with E-state index in [1.165, 1.54) is 18.5 Å². The average molecular weight is 394 g/mol. The Balaban J connectivity index is 1.40. The molecule has 150 valence electrons. The lowest BCUT2D eigenvalue weighted by atomic mass is 9.99. The Kier molecular flexibility index (Phi) is 4.99. The highest BCUT2D eigenvalue weighted by Gasteiger charge is 2.48. The zero-order valence-corrected chi connectivity index (χ0v) is 15.2. The summed E-state index contributed by atoms with van der Waals surface area (Å²) >= 11 is 0. The number of amides is 1. The molecule has 1 aromatic heterocycles. The maximum Gasteiger partial charge on any atom is 0.416 e. The minimum atomic E-state index is -4.41. The van der Waals surface area contributed by atoms with Crippen molar-refractivity contribution in [2.24, 2.45) is 5.92 Å². The first kappa shape index (κ1) is 18.8. The summed E-state index contributed by atoms with van der Waals surface area (Å²) < 4.78 is 45.9. The average Bonchev–Trinajstić information content (AvgIpc) is 3.41. The predicted molar refractivity (Wildman–Crippen MR) is 93.3 cm³/mol. The van der Waals surface area contributed by atoms with Gasteiger partial charge < -0.3 is 9.64 Å². The number of likely N-dealkylation sites (tertiary alicyclic amines) is 1. The molecule has 2 bridgehead atoms. The predicted octanol–water partition coefficient (Wildman–Crippen LogP) is 3.15. The van der Waals surface area contributed by atoms with Crippen molar-refractivity contribution < 1.29 is 22.7 Å². The maximum atomic E-state index is 12.9. The monoisotopic (exact) mass is 394 g/mol. The Bertz CT molecular complexity index is 825.